The molecule has 1 aromatic rings. The van der Waals surface area contributed by atoms with Crippen LogP contribution in [0, 0.1) is 5.41 Å². The lowest BCUT2D eigenvalue weighted by molar-refractivity contribution is -0.128. The molecular formula is C12H20N2O2S. The minimum absolute atomic E-state index is 0.00406. The fraction of sp³-hybridized carbons (Fsp3) is 0.583. The summed E-state index contributed by atoms with van der Waals surface area (Å²) < 4.78 is 0. The van der Waals surface area contributed by atoms with Crippen LogP contribution in [-0.4, -0.2) is 31.2 Å². The van der Waals surface area contributed by atoms with E-state index in [4.69, 9.17) is 0 Å². The lowest BCUT2D eigenvalue weighted by Gasteiger charge is -2.23. The van der Waals surface area contributed by atoms with Gasteiger partial charge in [0.05, 0.1) is 5.41 Å². The molecule has 1 unspecified atom stereocenters. The van der Waals surface area contributed by atoms with E-state index >= 15 is 0 Å². The Morgan fingerprint density at radius 2 is 2.29 bits per heavy atom. The van der Waals surface area contributed by atoms with Gasteiger partial charge in [-0.1, -0.05) is 6.07 Å². The number of aliphatic hydroxyl groups excluding tert-OH is 1. The number of hydrogen-bond acceptors (Lipinski definition) is 4. The first-order valence-corrected chi connectivity index (χ1v) is 6.49. The molecule has 0 bridgehead atoms. The third kappa shape index (κ3) is 4.11. The Bertz CT molecular complexity index is 349. The maximum Gasteiger partial charge on any atom is 0.226 e. The summed E-state index contributed by atoms with van der Waals surface area (Å²) in [6.07, 6.45) is -0.504. The molecule has 0 aliphatic heterocycles. The van der Waals surface area contributed by atoms with Gasteiger partial charge in [0.25, 0.3) is 0 Å². The average molecular weight is 256 g/mol. The van der Waals surface area contributed by atoms with Crippen LogP contribution in [0.2, 0.25) is 0 Å². The summed E-state index contributed by atoms with van der Waals surface area (Å²) in [5.41, 5.74) is -0.468. The van der Waals surface area contributed by atoms with Gasteiger partial charge in [0.15, 0.2) is 0 Å². The standard InChI is InChI=1S/C12H20N2O2S/c1-12(2,11(16)13-3)8-14-7-9(15)10-5-4-6-17-10/h4-6,9,14-15H,7-8H2,1-3H3,(H,13,16). The van der Waals surface area contributed by atoms with E-state index in [0.29, 0.717) is 13.1 Å². The number of nitrogens with one attached hydrogen (secondary N) is 2. The fourth-order valence-electron chi connectivity index (χ4n) is 1.52. The van der Waals surface area contributed by atoms with Crippen molar-refractivity contribution in [3.05, 3.63) is 22.4 Å². The van der Waals surface area contributed by atoms with Crippen LogP contribution >= 0.6 is 11.3 Å². The number of thiophene rings is 1. The Morgan fingerprint density at radius 3 is 2.82 bits per heavy atom. The van der Waals surface area contributed by atoms with Gasteiger partial charge in [0.1, 0.15) is 6.10 Å². The molecule has 3 N–H and O–H groups in total. The second-order valence-corrected chi connectivity index (χ2v) is 5.60. The summed E-state index contributed by atoms with van der Waals surface area (Å²) in [7, 11) is 1.63. The Hall–Kier alpha value is -0.910. The molecule has 0 saturated heterocycles. The van der Waals surface area contributed by atoms with Crippen LogP contribution in [0.3, 0.4) is 0 Å². The normalized spacial score (nSPS) is 13.4. The first-order chi connectivity index (χ1) is 7.97. The van der Waals surface area contributed by atoms with Gasteiger partial charge in [0, 0.05) is 25.0 Å². The third-order valence-corrected chi connectivity index (χ3v) is 3.59. The molecule has 0 fully saturated rings. The molecule has 1 rings (SSSR count). The summed E-state index contributed by atoms with van der Waals surface area (Å²) in [6, 6.07) is 3.82. The summed E-state index contributed by atoms with van der Waals surface area (Å²) in [5.74, 6) is -0.00406. The molecule has 0 aliphatic rings. The molecular weight excluding hydrogens is 236 g/mol. The van der Waals surface area contributed by atoms with Gasteiger partial charge in [0.2, 0.25) is 5.91 Å². The number of carbonyl (C=O) groups is 1. The van der Waals surface area contributed by atoms with Crippen LogP contribution in [0.15, 0.2) is 17.5 Å². The van der Waals surface area contributed by atoms with E-state index in [9.17, 15) is 9.90 Å². The fourth-order valence-corrected chi connectivity index (χ4v) is 2.23. The van der Waals surface area contributed by atoms with Gasteiger partial charge in [-0.15, -0.1) is 11.3 Å². The smallest absolute Gasteiger partial charge is 0.226 e. The highest BCUT2D eigenvalue weighted by molar-refractivity contribution is 7.10. The molecule has 0 radical (unpaired) electrons. The van der Waals surface area contributed by atoms with Crippen LogP contribution in [0.4, 0.5) is 0 Å². The van der Waals surface area contributed by atoms with Crippen molar-refractivity contribution in [1.82, 2.24) is 10.6 Å². The van der Waals surface area contributed by atoms with Crippen molar-refractivity contribution in [2.75, 3.05) is 20.1 Å². The van der Waals surface area contributed by atoms with Crippen molar-refractivity contribution in [2.24, 2.45) is 5.41 Å². The summed E-state index contributed by atoms with van der Waals surface area (Å²) in [6.45, 7) is 4.74. The number of carbonyl (C=O) groups excluding carboxylic acids is 1. The SMILES string of the molecule is CNC(=O)C(C)(C)CNCC(O)c1cccs1. The maximum absolute atomic E-state index is 11.5. The molecule has 0 aliphatic carbocycles. The van der Waals surface area contributed by atoms with Crippen LogP contribution < -0.4 is 10.6 Å². The summed E-state index contributed by atoms with van der Waals surface area (Å²) in [4.78, 5) is 12.5. The van der Waals surface area contributed by atoms with Crippen LogP contribution in [-0.2, 0) is 4.79 Å². The molecule has 0 aromatic carbocycles. The van der Waals surface area contributed by atoms with Gasteiger partial charge >= 0.3 is 0 Å². The van der Waals surface area contributed by atoms with Crippen molar-refractivity contribution < 1.29 is 9.90 Å². The van der Waals surface area contributed by atoms with E-state index < -0.39 is 11.5 Å². The Balaban J connectivity index is 2.35. The van der Waals surface area contributed by atoms with Gasteiger partial charge in [-0.25, -0.2) is 0 Å². The van der Waals surface area contributed by atoms with E-state index in [1.807, 2.05) is 31.4 Å². The quantitative estimate of drug-likeness (QED) is 0.715. The first-order valence-electron chi connectivity index (χ1n) is 5.62. The van der Waals surface area contributed by atoms with Gasteiger partial charge < -0.3 is 15.7 Å². The average Bonchev–Trinajstić information content (AvgIpc) is 2.80. The molecule has 17 heavy (non-hydrogen) atoms. The monoisotopic (exact) mass is 256 g/mol. The molecule has 4 nitrogen and oxygen atoms in total. The molecule has 5 heteroatoms. The molecule has 1 aromatic heterocycles. The topological polar surface area (TPSA) is 61.4 Å². The Labute approximate surface area is 106 Å². The minimum atomic E-state index is -0.504. The molecule has 1 atom stereocenters. The lowest BCUT2D eigenvalue weighted by atomic mass is 9.92. The lowest BCUT2D eigenvalue weighted by Crippen LogP contribution is -2.42. The van der Waals surface area contributed by atoms with Gasteiger partial charge in [-0.05, 0) is 25.3 Å². The van der Waals surface area contributed by atoms with Crippen molar-refractivity contribution in [3.63, 3.8) is 0 Å². The van der Waals surface area contributed by atoms with Gasteiger partial charge in [-0.3, -0.25) is 4.79 Å². The van der Waals surface area contributed by atoms with Crippen molar-refractivity contribution >= 4 is 17.2 Å². The largest absolute Gasteiger partial charge is 0.386 e. The van der Waals surface area contributed by atoms with E-state index in [1.54, 1.807) is 7.05 Å². The summed E-state index contributed by atoms with van der Waals surface area (Å²) >= 11 is 1.53. The minimum Gasteiger partial charge on any atom is -0.386 e. The second-order valence-electron chi connectivity index (χ2n) is 4.63. The molecule has 0 saturated carbocycles. The van der Waals surface area contributed by atoms with E-state index in [0.717, 1.165) is 4.88 Å². The maximum atomic E-state index is 11.5. The Morgan fingerprint density at radius 1 is 1.59 bits per heavy atom. The van der Waals surface area contributed by atoms with Crippen molar-refractivity contribution in [3.8, 4) is 0 Å². The highest BCUT2D eigenvalue weighted by Gasteiger charge is 2.26. The van der Waals surface area contributed by atoms with Crippen molar-refractivity contribution in [1.29, 1.82) is 0 Å². The van der Waals surface area contributed by atoms with Crippen LogP contribution in [0.1, 0.15) is 24.8 Å². The van der Waals surface area contributed by atoms with E-state index in [2.05, 4.69) is 10.6 Å². The van der Waals surface area contributed by atoms with E-state index in [-0.39, 0.29) is 5.91 Å². The number of rotatable bonds is 6. The second kappa shape index (κ2) is 6.14. The Kier molecular flexibility index (Phi) is 5.11. The zero-order chi connectivity index (χ0) is 12.9. The first kappa shape index (κ1) is 14.2. The van der Waals surface area contributed by atoms with Crippen LogP contribution in [0.5, 0.6) is 0 Å². The molecule has 0 spiro atoms. The number of aliphatic hydroxyl groups is 1. The highest BCUT2D eigenvalue weighted by Crippen LogP contribution is 2.18. The zero-order valence-electron chi connectivity index (χ0n) is 10.5. The molecule has 1 amide bonds. The number of amides is 1. The summed E-state index contributed by atoms with van der Waals surface area (Å²) in [5, 5.41) is 17.5. The number of hydrogen-bond donors (Lipinski definition) is 3. The van der Waals surface area contributed by atoms with Crippen LogP contribution in [0.25, 0.3) is 0 Å². The zero-order valence-corrected chi connectivity index (χ0v) is 11.3. The van der Waals surface area contributed by atoms with E-state index in [1.165, 1.54) is 11.3 Å². The predicted octanol–water partition coefficient (Wildman–Crippen LogP) is 1.14. The third-order valence-electron chi connectivity index (χ3n) is 2.62. The molecule has 1 heterocycles. The highest BCUT2D eigenvalue weighted by atomic mass is 32.1. The van der Waals surface area contributed by atoms with Gasteiger partial charge in [-0.2, -0.15) is 0 Å². The van der Waals surface area contributed by atoms with Crippen molar-refractivity contribution in [2.45, 2.75) is 20.0 Å². The predicted molar refractivity (Wildman–Crippen MR) is 70.0 cm³/mol. The molecule has 96 valence electrons.